The van der Waals surface area contributed by atoms with Gasteiger partial charge in [0.1, 0.15) is 0 Å². The van der Waals surface area contributed by atoms with E-state index in [9.17, 15) is 4.79 Å². The number of halogens is 1. The van der Waals surface area contributed by atoms with Crippen LogP contribution in [0.15, 0.2) is 26.0 Å². The van der Waals surface area contributed by atoms with E-state index in [4.69, 9.17) is 4.42 Å². The molecular formula is C6H4BrN3O2. The highest BCUT2D eigenvalue weighted by molar-refractivity contribution is 9.10. The molecule has 0 amide bonds. The van der Waals surface area contributed by atoms with Crippen molar-refractivity contribution in [2.45, 2.75) is 0 Å². The van der Waals surface area contributed by atoms with E-state index >= 15 is 0 Å². The van der Waals surface area contributed by atoms with E-state index in [1.807, 2.05) is 0 Å². The third-order valence-electron chi connectivity index (χ3n) is 1.31. The second-order valence-corrected chi connectivity index (χ2v) is 2.91. The lowest BCUT2D eigenvalue weighted by Gasteiger charge is -1.84. The van der Waals surface area contributed by atoms with Crippen molar-refractivity contribution in [2.75, 3.05) is 0 Å². The zero-order valence-corrected chi connectivity index (χ0v) is 7.38. The number of hydrogen-bond acceptors (Lipinski definition) is 3. The molecular weight excluding hydrogens is 226 g/mol. The minimum absolute atomic E-state index is 0.350. The molecule has 62 valence electrons. The number of aromatic amines is 2. The summed E-state index contributed by atoms with van der Waals surface area (Å²) in [5, 5.41) is 5.93. The Kier molecular flexibility index (Phi) is 1.61. The molecule has 2 rings (SSSR count). The highest BCUT2D eigenvalue weighted by Crippen LogP contribution is 2.20. The summed E-state index contributed by atoms with van der Waals surface area (Å²) in [7, 11) is 0. The van der Waals surface area contributed by atoms with Gasteiger partial charge < -0.3 is 4.42 Å². The maximum absolute atomic E-state index is 10.6. The van der Waals surface area contributed by atoms with Crippen LogP contribution in [0.5, 0.6) is 0 Å². The molecule has 2 heterocycles. The van der Waals surface area contributed by atoms with Crippen LogP contribution in [-0.4, -0.2) is 15.2 Å². The summed E-state index contributed by atoms with van der Waals surface area (Å²) in [6.07, 6.45) is 0. The van der Waals surface area contributed by atoms with Crippen molar-refractivity contribution in [1.29, 1.82) is 0 Å². The SMILES string of the molecule is O=c1[nH]nc(-c2ccc(Br)o2)[nH]1. The van der Waals surface area contributed by atoms with Crippen molar-refractivity contribution in [3.63, 3.8) is 0 Å². The molecule has 2 aromatic rings. The fraction of sp³-hybridized carbons (Fsp3) is 0. The molecule has 0 atom stereocenters. The molecule has 5 nitrogen and oxygen atoms in total. The first-order chi connectivity index (χ1) is 5.75. The highest BCUT2D eigenvalue weighted by Gasteiger charge is 2.05. The molecule has 0 radical (unpaired) electrons. The minimum atomic E-state index is -0.350. The van der Waals surface area contributed by atoms with Crippen LogP contribution in [0.25, 0.3) is 11.6 Å². The largest absolute Gasteiger partial charge is 0.446 e. The summed E-state index contributed by atoms with van der Waals surface area (Å²) < 4.78 is 5.75. The van der Waals surface area contributed by atoms with Gasteiger partial charge in [-0.1, -0.05) is 0 Å². The van der Waals surface area contributed by atoms with E-state index in [2.05, 4.69) is 31.1 Å². The van der Waals surface area contributed by atoms with E-state index in [1.165, 1.54) is 0 Å². The quantitative estimate of drug-likeness (QED) is 0.770. The fourth-order valence-corrected chi connectivity index (χ4v) is 1.13. The van der Waals surface area contributed by atoms with Gasteiger partial charge in [-0.2, -0.15) is 0 Å². The third kappa shape index (κ3) is 1.20. The van der Waals surface area contributed by atoms with Crippen LogP contribution < -0.4 is 5.69 Å². The van der Waals surface area contributed by atoms with Crippen molar-refractivity contribution < 1.29 is 4.42 Å². The molecule has 0 saturated carbocycles. The van der Waals surface area contributed by atoms with Gasteiger partial charge in [0.25, 0.3) is 0 Å². The van der Waals surface area contributed by atoms with Crippen LogP contribution in [0.2, 0.25) is 0 Å². The summed E-state index contributed by atoms with van der Waals surface area (Å²) in [6, 6.07) is 3.43. The summed E-state index contributed by atoms with van der Waals surface area (Å²) in [4.78, 5) is 13.1. The first-order valence-electron chi connectivity index (χ1n) is 3.16. The van der Waals surface area contributed by atoms with Crippen molar-refractivity contribution in [3.8, 4) is 11.6 Å². The van der Waals surface area contributed by atoms with Gasteiger partial charge in [0.15, 0.2) is 16.3 Å². The molecule has 0 bridgehead atoms. The zero-order valence-electron chi connectivity index (χ0n) is 5.80. The van der Waals surface area contributed by atoms with Crippen LogP contribution >= 0.6 is 15.9 Å². The van der Waals surface area contributed by atoms with Gasteiger partial charge >= 0.3 is 5.69 Å². The summed E-state index contributed by atoms with van der Waals surface area (Å²) in [5.74, 6) is 0.908. The maximum Gasteiger partial charge on any atom is 0.341 e. The molecule has 2 N–H and O–H groups in total. The summed E-state index contributed by atoms with van der Waals surface area (Å²) >= 11 is 3.14. The van der Waals surface area contributed by atoms with Crippen LogP contribution in [0.4, 0.5) is 0 Å². The van der Waals surface area contributed by atoms with E-state index in [-0.39, 0.29) is 5.69 Å². The van der Waals surface area contributed by atoms with Crippen molar-refractivity contribution in [1.82, 2.24) is 15.2 Å². The first-order valence-corrected chi connectivity index (χ1v) is 3.95. The number of H-pyrrole nitrogens is 2. The second kappa shape index (κ2) is 2.63. The van der Waals surface area contributed by atoms with Crippen molar-refractivity contribution in [3.05, 3.63) is 27.3 Å². The normalized spacial score (nSPS) is 10.4. The molecule has 0 saturated heterocycles. The number of nitrogens with zero attached hydrogens (tertiary/aromatic N) is 1. The average molecular weight is 230 g/mol. The Morgan fingerprint density at radius 2 is 2.33 bits per heavy atom. The minimum Gasteiger partial charge on any atom is -0.446 e. The summed E-state index contributed by atoms with van der Waals surface area (Å²) in [5.41, 5.74) is -0.350. The van der Waals surface area contributed by atoms with Gasteiger partial charge in [-0.25, -0.2) is 9.89 Å². The van der Waals surface area contributed by atoms with Gasteiger partial charge in [-0.05, 0) is 28.1 Å². The van der Waals surface area contributed by atoms with Crippen LogP contribution in [0.1, 0.15) is 0 Å². The zero-order chi connectivity index (χ0) is 8.55. The number of aromatic nitrogens is 3. The Hall–Kier alpha value is -1.30. The average Bonchev–Trinajstić information content (AvgIpc) is 2.58. The predicted molar refractivity (Wildman–Crippen MR) is 44.6 cm³/mol. The Labute approximate surface area is 74.9 Å². The smallest absolute Gasteiger partial charge is 0.341 e. The molecule has 0 aliphatic heterocycles. The number of furan rings is 1. The molecule has 0 spiro atoms. The van der Waals surface area contributed by atoms with Gasteiger partial charge in [-0.3, -0.25) is 4.98 Å². The molecule has 2 aromatic heterocycles. The van der Waals surface area contributed by atoms with E-state index in [1.54, 1.807) is 12.1 Å². The Balaban J connectivity index is 2.50. The Morgan fingerprint density at radius 3 is 2.83 bits per heavy atom. The fourth-order valence-electron chi connectivity index (χ4n) is 0.828. The topological polar surface area (TPSA) is 74.7 Å². The molecule has 0 aliphatic carbocycles. The number of nitrogens with one attached hydrogen (secondary N) is 2. The summed E-state index contributed by atoms with van der Waals surface area (Å²) in [6.45, 7) is 0. The maximum atomic E-state index is 10.6. The van der Waals surface area contributed by atoms with E-state index < -0.39 is 0 Å². The van der Waals surface area contributed by atoms with Crippen molar-refractivity contribution >= 4 is 15.9 Å². The van der Waals surface area contributed by atoms with Gasteiger partial charge in [0, 0.05) is 0 Å². The standard InChI is InChI=1S/C6H4BrN3O2/c7-4-2-1-3(12-4)5-8-6(11)10-9-5/h1-2H,(H2,8,9,10,11). The van der Waals surface area contributed by atoms with E-state index in [0.29, 0.717) is 16.3 Å². The predicted octanol–water partition coefficient (Wildman–Crippen LogP) is 1.12. The Bertz CT molecular complexity index is 441. The first kappa shape index (κ1) is 7.35. The molecule has 12 heavy (non-hydrogen) atoms. The molecule has 6 heteroatoms. The third-order valence-corrected chi connectivity index (χ3v) is 1.73. The Morgan fingerprint density at radius 1 is 1.50 bits per heavy atom. The van der Waals surface area contributed by atoms with Gasteiger partial charge in [0.05, 0.1) is 0 Å². The number of hydrogen-bond donors (Lipinski definition) is 2. The molecule has 0 unspecified atom stereocenters. The lowest BCUT2D eigenvalue weighted by Crippen LogP contribution is -2.00. The molecule has 0 aromatic carbocycles. The highest BCUT2D eigenvalue weighted by atomic mass is 79.9. The number of rotatable bonds is 1. The van der Waals surface area contributed by atoms with Crippen LogP contribution in [0.3, 0.4) is 0 Å². The van der Waals surface area contributed by atoms with Gasteiger partial charge in [-0.15, -0.1) is 5.10 Å². The van der Waals surface area contributed by atoms with Crippen LogP contribution in [-0.2, 0) is 0 Å². The van der Waals surface area contributed by atoms with Crippen molar-refractivity contribution in [2.24, 2.45) is 0 Å². The van der Waals surface area contributed by atoms with E-state index in [0.717, 1.165) is 0 Å². The monoisotopic (exact) mass is 229 g/mol. The molecule has 0 fully saturated rings. The lowest BCUT2D eigenvalue weighted by molar-refractivity contribution is 0.551. The van der Waals surface area contributed by atoms with Gasteiger partial charge in [0.2, 0.25) is 0 Å². The lowest BCUT2D eigenvalue weighted by atomic mass is 10.4. The van der Waals surface area contributed by atoms with Crippen LogP contribution in [0, 0.1) is 0 Å². The second-order valence-electron chi connectivity index (χ2n) is 2.13. The molecule has 0 aliphatic rings.